The van der Waals surface area contributed by atoms with E-state index in [2.05, 4.69) is 20.4 Å². The van der Waals surface area contributed by atoms with E-state index in [9.17, 15) is 4.79 Å². The Balaban J connectivity index is 1.48. The van der Waals surface area contributed by atoms with Gasteiger partial charge in [-0.05, 0) is 25.1 Å². The van der Waals surface area contributed by atoms with Gasteiger partial charge in [-0.15, -0.1) is 23.1 Å². The topological polar surface area (TPSA) is 80.9 Å². The number of hydrogen-bond donors (Lipinski definition) is 1. The number of thioether (sulfide) groups is 1. The summed E-state index contributed by atoms with van der Waals surface area (Å²) in [6.07, 6.45) is 0. The first kappa shape index (κ1) is 19.6. The summed E-state index contributed by atoms with van der Waals surface area (Å²) in [5, 5.41) is 9.65. The SMILES string of the molecule is Cc1noc(CSc2ccccc2C(=O)Nc2nc(-c3ccccc3Cl)cs2)n1. The molecular formula is C20H15ClN4O2S2. The summed E-state index contributed by atoms with van der Waals surface area (Å²) in [7, 11) is 0. The monoisotopic (exact) mass is 442 g/mol. The van der Waals surface area contributed by atoms with Crippen molar-refractivity contribution in [1.82, 2.24) is 15.1 Å². The Bertz CT molecular complexity index is 1160. The largest absolute Gasteiger partial charge is 0.338 e. The fourth-order valence-electron chi connectivity index (χ4n) is 2.61. The van der Waals surface area contributed by atoms with Crippen LogP contribution in [-0.4, -0.2) is 21.0 Å². The molecule has 0 aliphatic rings. The maximum atomic E-state index is 12.8. The fourth-order valence-corrected chi connectivity index (χ4v) is 4.43. The number of carbonyl (C=O) groups is 1. The summed E-state index contributed by atoms with van der Waals surface area (Å²) in [4.78, 5) is 22.3. The number of thiazole rings is 1. The molecular weight excluding hydrogens is 428 g/mol. The van der Waals surface area contributed by atoms with Gasteiger partial charge in [-0.25, -0.2) is 4.98 Å². The third kappa shape index (κ3) is 4.67. The number of amides is 1. The Morgan fingerprint density at radius 2 is 1.97 bits per heavy atom. The van der Waals surface area contributed by atoms with E-state index < -0.39 is 0 Å². The second-order valence-corrected chi connectivity index (χ2v) is 8.27. The van der Waals surface area contributed by atoms with Crippen molar-refractivity contribution in [3.63, 3.8) is 0 Å². The molecule has 1 amide bonds. The van der Waals surface area contributed by atoms with E-state index in [0.29, 0.717) is 33.2 Å². The Hall–Kier alpha value is -2.68. The predicted octanol–water partition coefficient (Wildman–Crippen LogP) is 5.70. The van der Waals surface area contributed by atoms with Crippen LogP contribution in [0.4, 0.5) is 5.13 Å². The van der Waals surface area contributed by atoms with Gasteiger partial charge in [0.05, 0.1) is 17.0 Å². The zero-order valence-electron chi connectivity index (χ0n) is 15.3. The molecule has 29 heavy (non-hydrogen) atoms. The lowest BCUT2D eigenvalue weighted by Crippen LogP contribution is -2.12. The number of aromatic nitrogens is 3. The summed E-state index contributed by atoms with van der Waals surface area (Å²) in [5.41, 5.74) is 2.12. The van der Waals surface area contributed by atoms with Crippen molar-refractivity contribution in [1.29, 1.82) is 0 Å². The maximum Gasteiger partial charge on any atom is 0.258 e. The molecule has 1 N–H and O–H groups in total. The van der Waals surface area contributed by atoms with Crippen molar-refractivity contribution < 1.29 is 9.32 Å². The van der Waals surface area contributed by atoms with E-state index in [1.807, 2.05) is 47.8 Å². The molecule has 2 aromatic heterocycles. The van der Waals surface area contributed by atoms with E-state index in [4.69, 9.17) is 16.1 Å². The normalized spacial score (nSPS) is 10.8. The summed E-state index contributed by atoms with van der Waals surface area (Å²) in [6, 6.07) is 14.9. The van der Waals surface area contributed by atoms with Gasteiger partial charge in [0.25, 0.3) is 5.91 Å². The van der Waals surface area contributed by atoms with Crippen LogP contribution in [0.3, 0.4) is 0 Å². The average Bonchev–Trinajstić information content (AvgIpc) is 3.36. The van der Waals surface area contributed by atoms with E-state index in [-0.39, 0.29) is 5.91 Å². The Kier molecular flexibility index (Phi) is 5.94. The molecule has 146 valence electrons. The minimum atomic E-state index is -0.227. The summed E-state index contributed by atoms with van der Waals surface area (Å²) < 4.78 is 5.13. The lowest BCUT2D eigenvalue weighted by Gasteiger charge is -2.07. The molecule has 0 radical (unpaired) electrons. The van der Waals surface area contributed by atoms with Crippen LogP contribution in [-0.2, 0) is 5.75 Å². The molecule has 0 saturated heterocycles. The average molecular weight is 443 g/mol. The number of nitrogens with one attached hydrogen (secondary N) is 1. The molecule has 0 aliphatic heterocycles. The molecule has 2 aromatic carbocycles. The van der Waals surface area contributed by atoms with E-state index >= 15 is 0 Å². The minimum Gasteiger partial charge on any atom is -0.338 e. The Labute approximate surface area is 180 Å². The second-order valence-electron chi connectivity index (χ2n) is 5.99. The molecule has 0 saturated carbocycles. The molecule has 9 heteroatoms. The highest BCUT2D eigenvalue weighted by Gasteiger charge is 2.15. The van der Waals surface area contributed by atoms with Crippen molar-refractivity contribution in [3.8, 4) is 11.3 Å². The number of rotatable bonds is 6. The number of nitrogens with zero attached hydrogens (tertiary/aromatic N) is 3. The van der Waals surface area contributed by atoms with Crippen LogP contribution in [0.1, 0.15) is 22.1 Å². The summed E-state index contributed by atoms with van der Waals surface area (Å²) in [6.45, 7) is 1.77. The van der Waals surface area contributed by atoms with Gasteiger partial charge in [0, 0.05) is 20.9 Å². The smallest absolute Gasteiger partial charge is 0.258 e. The van der Waals surface area contributed by atoms with Gasteiger partial charge < -0.3 is 4.52 Å². The maximum absolute atomic E-state index is 12.8. The molecule has 4 rings (SSSR count). The van der Waals surface area contributed by atoms with Crippen molar-refractivity contribution in [3.05, 3.63) is 76.2 Å². The van der Waals surface area contributed by atoms with Crippen LogP contribution >= 0.6 is 34.7 Å². The van der Waals surface area contributed by atoms with Gasteiger partial charge in [0.2, 0.25) is 5.89 Å². The van der Waals surface area contributed by atoms with Crippen LogP contribution in [0.15, 0.2) is 63.3 Å². The van der Waals surface area contributed by atoms with E-state index in [1.165, 1.54) is 23.1 Å². The molecule has 0 atom stereocenters. The van der Waals surface area contributed by atoms with Crippen molar-refractivity contribution >= 4 is 45.7 Å². The fraction of sp³-hybridized carbons (Fsp3) is 0.100. The van der Waals surface area contributed by atoms with Gasteiger partial charge in [-0.1, -0.05) is 47.1 Å². The third-order valence-electron chi connectivity index (χ3n) is 3.93. The number of aryl methyl sites for hydroxylation is 1. The quantitative estimate of drug-likeness (QED) is 0.386. The van der Waals surface area contributed by atoms with Crippen LogP contribution in [0.5, 0.6) is 0 Å². The highest BCUT2D eigenvalue weighted by Crippen LogP contribution is 2.31. The molecule has 0 bridgehead atoms. The van der Waals surface area contributed by atoms with Gasteiger partial charge in [0.1, 0.15) is 0 Å². The van der Waals surface area contributed by atoms with E-state index in [1.54, 1.807) is 13.0 Å². The van der Waals surface area contributed by atoms with Crippen LogP contribution in [0.2, 0.25) is 5.02 Å². The van der Waals surface area contributed by atoms with Gasteiger partial charge in [0.15, 0.2) is 11.0 Å². The van der Waals surface area contributed by atoms with Gasteiger partial charge >= 0.3 is 0 Å². The highest BCUT2D eigenvalue weighted by atomic mass is 35.5. The van der Waals surface area contributed by atoms with Crippen molar-refractivity contribution in [2.45, 2.75) is 17.6 Å². The number of hydrogen-bond acceptors (Lipinski definition) is 7. The number of carbonyl (C=O) groups excluding carboxylic acids is 1. The minimum absolute atomic E-state index is 0.227. The zero-order chi connectivity index (χ0) is 20.2. The van der Waals surface area contributed by atoms with E-state index in [0.717, 1.165) is 16.2 Å². The highest BCUT2D eigenvalue weighted by molar-refractivity contribution is 7.98. The number of benzene rings is 2. The lowest BCUT2D eigenvalue weighted by atomic mass is 10.2. The third-order valence-corrected chi connectivity index (χ3v) is 6.07. The predicted molar refractivity (Wildman–Crippen MR) is 116 cm³/mol. The summed E-state index contributed by atoms with van der Waals surface area (Å²) in [5.74, 6) is 1.37. The van der Waals surface area contributed by atoms with Crippen molar-refractivity contribution in [2.24, 2.45) is 0 Å². The molecule has 0 unspecified atom stereocenters. The molecule has 4 aromatic rings. The second kappa shape index (κ2) is 8.77. The first-order chi connectivity index (χ1) is 14.1. The molecule has 0 aliphatic carbocycles. The molecule has 6 nitrogen and oxygen atoms in total. The Morgan fingerprint density at radius 3 is 2.76 bits per heavy atom. The number of halogens is 1. The first-order valence-corrected chi connectivity index (χ1v) is 10.9. The summed E-state index contributed by atoms with van der Waals surface area (Å²) >= 11 is 9.05. The molecule has 0 spiro atoms. The lowest BCUT2D eigenvalue weighted by molar-refractivity contribution is 0.102. The molecule has 0 fully saturated rings. The van der Waals surface area contributed by atoms with Crippen LogP contribution in [0.25, 0.3) is 11.3 Å². The number of anilines is 1. The standard InChI is InChI=1S/C20H15ClN4O2S2/c1-12-22-18(27-25-12)11-28-17-9-5-3-7-14(17)19(26)24-20-23-16(10-29-20)13-6-2-4-8-15(13)21/h2-10H,11H2,1H3,(H,23,24,26). The van der Waals surface area contributed by atoms with Crippen LogP contribution in [0, 0.1) is 6.92 Å². The van der Waals surface area contributed by atoms with Crippen molar-refractivity contribution in [2.75, 3.05) is 5.32 Å². The first-order valence-electron chi connectivity index (χ1n) is 8.63. The van der Waals surface area contributed by atoms with Crippen LogP contribution < -0.4 is 5.32 Å². The zero-order valence-corrected chi connectivity index (χ0v) is 17.6. The Morgan fingerprint density at radius 1 is 1.17 bits per heavy atom. The van der Waals surface area contributed by atoms with Gasteiger partial charge in [-0.3, -0.25) is 10.1 Å². The van der Waals surface area contributed by atoms with Gasteiger partial charge in [-0.2, -0.15) is 4.98 Å². The molecule has 2 heterocycles.